The summed E-state index contributed by atoms with van der Waals surface area (Å²) in [6, 6.07) is 12.4. The molecular formula is C23H28N2O4. The molecule has 29 heavy (non-hydrogen) atoms. The monoisotopic (exact) mass is 396 g/mol. The van der Waals surface area contributed by atoms with E-state index in [9.17, 15) is 9.59 Å². The Bertz CT molecular complexity index is 890. The number of methoxy groups -OCH3 is 1. The van der Waals surface area contributed by atoms with Crippen molar-refractivity contribution in [2.75, 3.05) is 12.4 Å². The first-order valence-electron chi connectivity index (χ1n) is 9.93. The second-order valence-electron chi connectivity index (χ2n) is 7.62. The van der Waals surface area contributed by atoms with Gasteiger partial charge in [-0.25, -0.2) is 0 Å². The third kappa shape index (κ3) is 5.50. The molecule has 2 amide bonds. The predicted octanol–water partition coefficient (Wildman–Crippen LogP) is 4.32. The summed E-state index contributed by atoms with van der Waals surface area (Å²) in [5.41, 5.74) is 2.04. The lowest BCUT2D eigenvalue weighted by atomic mass is 10.1. The zero-order valence-corrected chi connectivity index (χ0v) is 17.3. The first kappa shape index (κ1) is 20.7. The van der Waals surface area contributed by atoms with Crippen LogP contribution in [0.15, 0.2) is 42.5 Å². The van der Waals surface area contributed by atoms with Gasteiger partial charge in [-0.05, 0) is 69.5 Å². The van der Waals surface area contributed by atoms with Gasteiger partial charge in [-0.15, -0.1) is 0 Å². The van der Waals surface area contributed by atoms with Crippen LogP contribution in [0.2, 0.25) is 0 Å². The summed E-state index contributed by atoms with van der Waals surface area (Å²) < 4.78 is 11.2. The topological polar surface area (TPSA) is 76.7 Å². The van der Waals surface area contributed by atoms with Crippen molar-refractivity contribution < 1.29 is 19.1 Å². The predicted molar refractivity (Wildman–Crippen MR) is 112 cm³/mol. The first-order valence-corrected chi connectivity index (χ1v) is 9.93. The molecule has 0 aromatic heterocycles. The fourth-order valence-electron chi connectivity index (χ4n) is 3.00. The number of nitrogens with one attached hydrogen (secondary N) is 2. The molecular weight excluding hydrogens is 368 g/mol. The Morgan fingerprint density at radius 3 is 2.45 bits per heavy atom. The van der Waals surface area contributed by atoms with E-state index in [1.165, 1.54) is 0 Å². The molecule has 6 heteroatoms. The Balaban J connectivity index is 1.67. The molecule has 2 aromatic carbocycles. The highest BCUT2D eigenvalue weighted by Crippen LogP contribution is 2.32. The van der Waals surface area contributed by atoms with Crippen molar-refractivity contribution >= 4 is 17.5 Å². The van der Waals surface area contributed by atoms with E-state index in [-0.39, 0.29) is 29.9 Å². The summed E-state index contributed by atoms with van der Waals surface area (Å²) in [4.78, 5) is 24.6. The van der Waals surface area contributed by atoms with Gasteiger partial charge in [-0.3, -0.25) is 9.59 Å². The van der Waals surface area contributed by atoms with Gasteiger partial charge in [-0.2, -0.15) is 0 Å². The van der Waals surface area contributed by atoms with Crippen LogP contribution in [-0.2, 0) is 4.79 Å². The van der Waals surface area contributed by atoms with Gasteiger partial charge < -0.3 is 20.1 Å². The normalized spacial score (nSPS) is 14.2. The van der Waals surface area contributed by atoms with Crippen molar-refractivity contribution in [1.82, 2.24) is 5.32 Å². The van der Waals surface area contributed by atoms with Crippen molar-refractivity contribution in [3.63, 3.8) is 0 Å². The molecule has 1 aliphatic carbocycles. The van der Waals surface area contributed by atoms with Gasteiger partial charge in [-0.1, -0.05) is 12.1 Å². The highest BCUT2D eigenvalue weighted by atomic mass is 16.5. The van der Waals surface area contributed by atoms with Crippen LogP contribution in [0.4, 0.5) is 5.69 Å². The van der Waals surface area contributed by atoms with E-state index in [1.807, 2.05) is 39.0 Å². The van der Waals surface area contributed by atoms with E-state index in [0.717, 1.165) is 18.4 Å². The fraction of sp³-hybridized carbons (Fsp3) is 0.391. The van der Waals surface area contributed by atoms with Gasteiger partial charge in [0.25, 0.3) is 5.91 Å². The smallest absolute Gasteiger partial charge is 0.251 e. The number of benzene rings is 2. The molecule has 154 valence electrons. The Hall–Kier alpha value is -3.02. The Kier molecular flexibility index (Phi) is 6.42. The molecule has 1 atom stereocenters. The minimum atomic E-state index is -0.228. The molecule has 0 radical (unpaired) electrons. The number of carbonyl (C=O) groups is 2. The van der Waals surface area contributed by atoms with Crippen molar-refractivity contribution in [1.29, 1.82) is 0 Å². The molecule has 0 saturated heterocycles. The first-order chi connectivity index (χ1) is 13.9. The second-order valence-corrected chi connectivity index (χ2v) is 7.62. The molecule has 2 N–H and O–H groups in total. The number of hydrogen-bond acceptors (Lipinski definition) is 4. The maximum atomic E-state index is 12.7. The number of amides is 2. The molecule has 0 heterocycles. The van der Waals surface area contributed by atoms with E-state index in [4.69, 9.17) is 9.47 Å². The van der Waals surface area contributed by atoms with E-state index < -0.39 is 0 Å². The summed E-state index contributed by atoms with van der Waals surface area (Å²) in [7, 11) is 1.59. The van der Waals surface area contributed by atoms with E-state index in [0.29, 0.717) is 22.7 Å². The maximum Gasteiger partial charge on any atom is 0.251 e. The van der Waals surface area contributed by atoms with Crippen molar-refractivity contribution in [3.05, 3.63) is 53.6 Å². The number of carbonyl (C=O) groups excluding carboxylic acids is 2. The fourth-order valence-corrected chi connectivity index (χ4v) is 3.00. The van der Waals surface area contributed by atoms with Crippen LogP contribution in [0.3, 0.4) is 0 Å². The molecule has 1 saturated carbocycles. The van der Waals surface area contributed by atoms with Gasteiger partial charge in [0.2, 0.25) is 5.91 Å². The average Bonchev–Trinajstić information content (AvgIpc) is 3.53. The van der Waals surface area contributed by atoms with Crippen LogP contribution >= 0.6 is 0 Å². The zero-order valence-electron chi connectivity index (χ0n) is 17.3. The maximum absolute atomic E-state index is 12.7. The summed E-state index contributed by atoms with van der Waals surface area (Å²) in [5.74, 6) is 1.23. The molecule has 3 rings (SSSR count). The van der Waals surface area contributed by atoms with Gasteiger partial charge >= 0.3 is 0 Å². The van der Waals surface area contributed by atoms with Gasteiger partial charge in [0, 0.05) is 17.2 Å². The molecule has 1 fully saturated rings. The molecule has 1 aliphatic rings. The molecule has 6 nitrogen and oxygen atoms in total. The highest BCUT2D eigenvalue weighted by molar-refractivity contribution is 5.98. The van der Waals surface area contributed by atoms with E-state index >= 15 is 0 Å². The van der Waals surface area contributed by atoms with Gasteiger partial charge in [0.15, 0.2) is 11.5 Å². The minimum Gasteiger partial charge on any atom is -0.493 e. The quantitative estimate of drug-likeness (QED) is 0.697. The number of anilines is 1. The van der Waals surface area contributed by atoms with Crippen molar-refractivity contribution in [2.24, 2.45) is 5.92 Å². The molecule has 2 aromatic rings. The third-order valence-electron chi connectivity index (χ3n) is 4.74. The molecule has 0 spiro atoms. The summed E-state index contributed by atoms with van der Waals surface area (Å²) in [6.45, 7) is 5.82. The Morgan fingerprint density at radius 1 is 1.03 bits per heavy atom. The average molecular weight is 396 g/mol. The Labute approximate surface area is 171 Å². The lowest BCUT2D eigenvalue weighted by Gasteiger charge is -2.18. The molecule has 0 bridgehead atoms. The Morgan fingerprint density at radius 2 is 1.79 bits per heavy atom. The van der Waals surface area contributed by atoms with Crippen LogP contribution in [-0.4, -0.2) is 25.0 Å². The zero-order chi connectivity index (χ0) is 21.0. The van der Waals surface area contributed by atoms with Crippen LogP contribution < -0.4 is 20.1 Å². The third-order valence-corrected chi connectivity index (χ3v) is 4.74. The van der Waals surface area contributed by atoms with Crippen LogP contribution in [0, 0.1) is 5.92 Å². The van der Waals surface area contributed by atoms with Crippen LogP contribution in [0.5, 0.6) is 11.5 Å². The highest BCUT2D eigenvalue weighted by Gasteiger charge is 2.29. The van der Waals surface area contributed by atoms with Crippen molar-refractivity contribution in [2.45, 2.75) is 45.8 Å². The summed E-state index contributed by atoms with van der Waals surface area (Å²) >= 11 is 0. The molecule has 1 unspecified atom stereocenters. The van der Waals surface area contributed by atoms with E-state index in [1.54, 1.807) is 31.4 Å². The SMILES string of the molecule is COc1cc(C(C)NC(=O)c2cccc(NC(=O)C3CC3)c2)ccc1OC(C)C. The second kappa shape index (κ2) is 8.99. The lowest BCUT2D eigenvalue weighted by Crippen LogP contribution is -2.26. The van der Waals surface area contributed by atoms with E-state index in [2.05, 4.69) is 10.6 Å². The number of ether oxygens (including phenoxy) is 2. The van der Waals surface area contributed by atoms with Crippen LogP contribution in [0.25, 0.3) is 0 Å². The summed E-state index contributed by atoms with van der Waals surface area (Å²) in [6.07, 6.45) is 1.92. The molecule has 0 aliphatic heterocycles. The lowest BCUT2D eigenvalue weighted by molar-refractivity contribution is -0.117. The standard InChI is InChI=1S/C23H28N2O4/c1-14(2)29-20-11-10-17(13-21(20)28-4)15(3)24-23(27)18-6-5-7-19(12-18)25-22(26)16-8-9-16/h5-7,10-16H,8-9H2,1-4H3,(H,24,27)(H,25,26). The van der Waals surface area contributed by atoms with Gasteiger partial charge in [0.1, 0.15) is 0 Å². The van der Waals surface area contributed by atoms with Crippen LogP contribution in [0.1, 0.15) is 55.6 Å². The summed E-state index contributed by atoms with van der Waals surface area (Å²) in [5, 5.41) is 5.86. The largest absolute Gasteiger partial charge is 0.493 e. The van der Waals surface area contributed by atoms with Gasteiger partial charge in [0.05, 0.1) is 19.3 Å². The van der Waals surface area contributed by atoms with Crippen molar-refractivity contribution in [3.8, 4) is 11.5 Å². The number of rotatable bonds is 8. The minimum absolute atomic E-state index is 0.0201. The number of hydrogen-bond donors (Lipinski definition) is 2.